The van der Waals surface area contributed by atoms with Crippen LogP contribution >= 0.6 is 0 Å². The van der Waals surface area contributed by atoms with Crippen molar-refractivity contribution in [2.45, 2.75) is 33.3 Å². The molecule has 0 saturated carbocycles. The molecule has 1 saturated heterocycles. The Hall–Kier alpha value is -1.62. The lowest BCUT2D eigenvalue weighted by Gasteiger charge is -2.35. The molecule has 0 bridgehead atoms. The first-order valence-electron chi connectivity index (χ1n) is 7.18. The number of carbonyl (C=O) groups excluding carboxylic acids is 1. The molecule has 0 unspecified atom stereocenters. The molecule has 2 rings (SSSR count). The Balaban J connectivity index is 2.07. The molecule has 1 aromatic heterocycles. The number of carbonyl (C=O) groups is 1. The summed E-state index contributed by atoms with van der Waals surface area (Å²) in [5.41, 5.74) is 1.97. The normalized spacial score (nSPS) is 17.2. The molecule has 2 heterocycles. The van der Waals surface area contributed by atoms with Gasteiger partial charge in [0.05, 0.1) is 6.10 Å². The summed E-state index contributed by atoms with van der Waals surface area (Å²) >= 11 is 0. The van der Waals surface area contributed by atoms with E-state index in [1.807, 2.05) is 24.8 Å². The van der Waals surface area contributed by atoms with Crippen molar-refractivity contribution in [3.05, 3.63) is 23.4 Å². The molecule has 1 N–H and O–H groups in total. The van der Waals surface area contributed by atoms with Gasteiger partial charge >= 0.3 is 0 Å². The third kappa shape index (κ3) is 3.10. The lowest BCUT2D eigenvalue weighted by molar-refractivity contribution is -0.129. The van der Waals surface area contributed by atoms with E-state index in [9.17, 15) is 9.90 Å². The van der Waals surface area contributed by atoms with Crippen LogP contribution in [0.3, 0.4) is 0 Å². The van der Waals surface area contributed by atoms with E-state index in [1.165, 1.54) is 0 Å². The predicted octanol–water partition coefficient (Wildman–Crippen LogP) is 1.50. The van der Waals surface area contributed by atoms with Gasteiger partial charge in [-0.15, -0.1) is 0 Å². The molecule has 0 radical (unpaired) electrons. The van der Waals surface area contributed by atoms with Crippen LogP contribution in [0, 0.1) is 6.92 Å². The van der Waals surface area contributed by atoms with Crippen LogP contribution in [0.15, 0.2) is 12.3 Å². The van der Waals surface area contributed by atoms with Gasteiger partial charge in [-0.05, 0) is 25.0 Å². The van der Waals surface area contributed by atoms with Crippen molar-refractivity contribution in [2.75, 3.05) is 31.1 Å². The molecule has 1 fully saturated rings. The van der Waals surface area contributed by atoms with Crippen molar-refractivity contribution in [1.82, 2.24) is 9.88 Å². The number of rotatable bonds is 3. The molecular weight excluding hydrogens is 254 g/mol. The Bertz CT molecular complexity index is 482. The second-order valence-electron chi connectivity index (χ2n) is 5.32. The highest BCUT2D eigenvalue weighted by Gasteiger charge is 2.20. The second-order valence-corrected chi connectivity index (χ2v) is 5.32. The minimum atomic E-state index is -0.439. The Morgan fingerprint density at radius 1 is 1.40 bits per heavy atom. The van der Waals surface area contributed by atoms with Crippen LogP contribution < -0.4 is 4.90 Å². The fraction of sp³-hybridized carbons (Fsp3) is 0.600. The highest BCUT2D eigenvalue weighted by molar-refractivity contribution is 5.73. The van der Waals surface area contributed by atoms with E-state index in [0.29, 0.717) is 6.42 Å². The molecule has 5 heteroatoms. The first-order chi connectivity index (χ1) is 9.52. The third-order valence-electron chi connectivity index (χ3n) is 3.93. The van der Waals surface area contributed by atoms with Gasteiger partial charge in [-0.2, -0.15) is 0 Å². The minimum Gasteiger partial charge on any atom is -0.388 e. The van der Waals surface area contributed by atoms with E-state index in [-0.39, 0.29) is 5.91 Å². The average molecular weight is 277 g/mol. The summed E-state index contributed by atoms with van der Waals surface area (Å²) in [6.45, 7) is 8.68. The zero-order valence-electron chi connectivity index (χ0n) is 12.5. The van der Waals surface area contributed by atoms with Crippen molar-refractivity contribution in [3.8, 4) is 0 Å². The number of nitrogens with zero attached hydrogens (tertiary/aromatic N) is 3. The molecule has 0 spiro atoms. The number of hydrogen-bond donors (Lipinski definition) is 1. The quantitative estimate of drug-likeness (QED) is 0.909. The van der Waals surface area contributed by atoms with Crippen molar-refractivity contribution in [2.24, 2.45) is 0 Å². The smallest absolute Gasteiger partial charge is 0.219 e. The number of amides is 1. The number of aliphatic hydroxyl groups is 1. The maximum atomic E-state index is 11.3. The van der Waals surface area contributed by atoms with Crippen LogP contribution in [-0.2, 0) is 4.79 Å². The molecule has 1 aromatic rings. The van der Waals surface area contributed by atoms with Gasteiger partial charge in [-0.1, -0.05) is 6.92 Å². The topological polar surface area (TPSA) is 56.7 Å². The van der Waals surface area contributed by atoms with E-state index < -0.39 is 6.10 Å². The third-order valence-corrected chi connectivity index (χ3v) is 3.93. The van der Waals surface area contributed by atoms with E-state index in [1.54, 1.807) is 13.1 Å². The summed E-state index contributed by atoms with van der Waals surface area (Å²) in [7, 11) is 0. The van der Waals surface area contributed by atoms with E-state index in [0.717, 1.165) is 43.1 Å². The van der Waals surface area contributed by atoms with E-state index in [2.05, 4.69) is 9.88 Å². The monoisotopic (exact) mass is 277 g/mol. The molecule has 1 amide bonds. The molecule has 0 aromatic carbocycles. The number of pyridine rings is 1. The highest BCUT2D eigenvalue weighted by atomic mass is 16.3. The van der Waals surface area contributed by atoms with Gasteiger partial charge in [0.1, 0.15) is 5.82 Å². The van der Waals surface area contributed by atoms with E-state index >= 15 is 0 Å². The maximum absolute atomic E-state index is 11.3. The molecule has 20 heavy (non-hydrogen) atoms. The van der Waals surface area contributed by atoms with Gasteiger partial charge in [0.15, 0.2) is 0 Å². The molecule has 1 aliphatic heterocycles. The largest absolute Gasteiger partial charge is 0.388 e. The van der Waals surface area contributed by atoms with E-state index in [4.69, 9.17) is 0 Å². The Labute approximate surface area is 120 Å². The summed E-state index contributed by atoms with van der Waals surface area (Å²) in [6, 6.07) is 2.03. The fourth-order valence-electron chi connectivity index (χ4n) is 2.54. The molecular formula is C15H23N3O2. The number of hydrogen-bond acceptors (Lipinski definition) is 4. The Kier molecular flexibility index (Phi) is 4.60. The number of aromatic nitrogens is 1. The van der Waals surface area contributed by atoms with Crippen LogP contribution in [-0.4, -0.2) is 47.1 Å². The molecule has 1 aliphatic rings. The van der Waals surface area contributed by atoms with Gasteiger partial charge in [-0.25, -0.2) is 4.98 Å². The van der Waals surface area contributed by atoms with Crippen molar-refractivity contribution in [3.63, 3.8) is 0 Å². The molecule has 0 aliphatic carbocycles. The van der Waals surface area contributed by atoms with Crippen molar-refractivity contribution < 1.29 is 9.90 Å². The second kappa shape index (κ2) is 6.22. The van der Waals surface area contributed by atoms with Crippen molar-refractivity contribution in [1.29, 1.82) is 0 Å². The molecule has 110 valence electrons. The number of aryl methyl sites for hydroxylation is 1. The summed E-state index contributed by atoms with van der Waals surface area (Å²) in [5, 5.41) is 9.91. The van der Waals surface area contributed by atoms with Crippen LogP contribution in [0.4, 0.5) is 5.82 Å². The predicted molar refractivity (Wildman–Crippen MR) is 78.7 cm³/mol. The summed E-state index contributed by atoms with van der Waals surface area (Å²) in [4.78, 5) is 19.8. The number of piperazine rings is 1. The minimum absolute atomic E-state index is 0.134. The lowest BCUT2D eigenvalue weighted by atomic mass is 10.0. The lowest BCUT2D eigenvalue weighted by Crippen LogP contribution is -2.48. The Morgan fingerprint density at radius 2 is 2.05 bits per heavy atom. The summed E-state index contributed by atoms with van der Waals surface area (Å²) in [5.74, 6) is 1.06. The Morgan fingerprint density at radius 3 is 2.55 bits per heavy atom. The van der Waals surface area contributed by atoms with Gasteiger partial charge in [0.2, 0.25) is 5.91 Å². The van der Waals surface area contributed by atoms with Gasteiger partial charge < -0.3 is 14.9 Å². The van der Waals surface area contributed by atoms with Gasteiger partial charge in [0, 0.05) is 44.9 Å². The van der Waals surface area contributed by atoms with Crippen LogP contribution in [0.5, 0.6) is 0 Å². The highest BCUT2D eigenvalue weighted by Crippen LogP contribution is 2.23. The number of aliphatic hydroxyl groups excluding tert-OH is 1. The van der Waals surface area contributed by atoms with Crippen molar-refractivity contribution >= 4 is 11.7 Å². The van der Waals surface area contributed by atoms with Crippen LogP contribution in [0.2, 0.25) is 0 Å². The fourth-order valence-corrected chi connectivity index (χ4v) is 2.54. The first kappa shape index (κ1) is 14.8. The first-order valence-corrected chi connectivity index (χ1v) is 7.18. The zero-order chi connectivity index (χ0) is 14.7. The summed E-state index contributed by atoms with van der Waals surface area (Å²) in [6.07, 6.45) is 2.03. The molecule has 5 nitrogen and oxygen atoms in total. The average Bonchev–Trinajstić information content (AvgIpc) is 2.46. The summed E-state index contributed by atoms with van der Waals surface area (Å²) < 4.78 is 0. The van der Waals surface area contributed by atoms with Gasteiger partial charge in [0.25, 0.3) is 0 Å². The van der Waals surface area contributed by atoms with Crippen LogP contribution in [0.25, 0.3) is 0 Å². The van der Waals surface area contributed by atoms with Gasteiger partial charge in [-0.3, -0.25) is 4.79 Å². The zero-order valence-corrected chi connectivity index (χ0v) is 12.5. The SMILES string of the molecule is CC[C@H](O)c1cnc(N2CCN(C(C)=O)CC2)cc1C. The molecule has 1 atom stereocenters. The standard InChI is InChI=1S/C15H23N3O2/c1-4-14(20)13-10-16-15(9-11(13)2)18-7-5-17(6-8-18)12(3)19/h9-10,14,20H,4-8H2,1-3H3/t14-/m0/s1. The maximum Gasteiger partial charge on any atom is 0.219 e. The number of anilines is 1. The van der Waals surface area contributed by atoms with Crippen LogP contribution in [0.1, 0.15) is 37.5 Å².